The van der Waals surface area contributed by atoms with Crippen LogP contribution in [-0.4, -0.2) is 50.8 Å². The van der Waals surface area contributed by atoms with E-state index in [4.69, 9.17) is 0 Å². The predicted molar refractivity (Wildman–Crippen MR) is 89.9 cm³/mol. The molecule has 3 rings (SSSR count). The van der Waals surface area contributed by atoms with Crippen molar-refractivity contribution in [3.05, 3.63) is 36.4 Å². The summed E-state index contributed by atoms with van der Waals surface area (Å²) in [6, 6.07) is 5.49. The van der Waals surface area contributed by atoms with Gasteiger partial charge in [-0.2, -0.15) is 0 Å². The van der Waals surface area contributed by atoms with E-state index < -0.39 is 15.7 Å². The number of hydrogen-bond acceptors (Lipinski definition) is 7. The van der Waals surface area contributed by atoms with Gasteiger partial charge in [0.15, 0.2) is 9.84 Å². The van der Waals surface area contributed by atoms with Crippen LogP contribution in [0, 0.1) is 5.82 Å². The number of piperazine rings is 1. The quantitative estimate of drug-likeness (QED) is 0.855. The summed E-state index contributed by atoms with van der Waals surface area (Å²) in [5.74, 6) is 0.562. The van der Waals surface area contributed by atoms with Gasteiger partial charge in [-0.15, -0.1) is 0 Å². The molecule has 0 bridgehead atoms. The summed E-state index contributed by atoms with van der Waals surface area (Å²) in [6.45, 7) is 3.45. The second-order valence-electron chi connectivity index (χ2n) is 5.54. The van der Waals surface area contributed by atoms with Gasteiger partial charge >= 0.3 is 0 Å². The van der Waals surface area contributed by atoms with Gasteiger partial charge in [-0.1, -0.05) is 0 Å². The lowest BCUT2D eigenvalue weighted by Gasteiger charge is -2.28. The standard InChI is InChI=1S/C15H18FN5O2S/c1-24(22,23)11-2-3-13(12(16)8-11)20-14-9-15(19-10-18-14)21-6-4-17-5-7-21/h2-3,8-10,17H,4-7H2,1H3,(H,18,19,20). The molecule has 1 fully saturated rings. The van der Waals surface area contributed by atoms with Crippen molar-refractivity contribution in [2.75, 3.05) is 42.7 Å². The topological polar surface area (TPSA) is 87.2 Å². The minimum atomic E-state index is -3.44. The van der Waals surface area contributed by atoms with Gasteiger partial charge in [0, 0.05) is 38.5 Å². The fraction of sp³-hybridized carbons (Fsp3) is 0.333. The molecule has 1 aliphatic heterocycles. The van der Waals surface area contributed by atoms with Crippen molar-refractivity contribution in [2.45, 2.75) is 4.90 Å². The minimum absolute atomic E-state index is 0.0604. The van der Waals surface area contributed by atoms with Crippen LogP contribution in [0.2, 0.25) is 0 Å². The second-order valence-corrected chi connectivity index (χ2v) is 7.55. The third kappa shape index (κ3) is 3.80. The Morgan fingerprint density at radius 1 is 1.21 bits per heavy atom. The Bertz CT molecular complexity index is 838. The maximum Gasteiger partial charge on any atom is 0.175 e. The van der Waals surface area contributed by atoms with E-state index >= 15 is 0 Å². The SMILES string of the molecule is CS(=O)(=O)c1ccc(Nc2cc(N3CCNCC3)ncn2)c(F)c1. The lowest BCUT2D eigenvalue weighted by atomic mass is 10.3. The lowest BCUT2D eigenvalue weighted by molar-refractivity contribution is 0.584. The van der Waals surface area contributed by atoms with Gasteiger partial charge in [0.1, 0.15) is 23.8 Å². The highest BCUT2D eigenvalue weighted by atomic mass is 32.2. The highest BCUT2D eigenvalue weighted by molar-refractivity contribution is 7.90. The first-order chi connectivity index (χ1) is 11.4. The molecule has 1 aliphatic rings. The Morgan fingerprint density at radius 2 is 1.96 bits per heavy atom. The van der Waals surface area contributed by atoms with Crippen LogP contribution in [0.1, 0.15) is 0 Å². The molecule has 0 aliphatic carbocycles. The maximum absolute atomic E-state index is 14.1. The predicted octanol–water partition coefficient (Wildman–Crippen LogP) is 1.17. The van der Waals surface area contributed by atoms with E-state index in [0.29, 0.717) is 5.82 Å². The third-order valence-electron chi connectivity index (χ3n) is 3.73. The largest absolute Gasteiger partial charge is 0.354 e. The highest BCUT2D eigenvalue weighted by Gasteiger charge is 2.14. The van der Waals surface area contributed by atoms with Crippen molar-refractivity contribution in [1.29, 1.82) is 0 Å². The number of hydrogen-bond donors (Lipinski definition) is 2. The Balaban J connectivity index is 1.81. The molecule has 9 heteroatoms. The molecule has 2 aromatic rings. The van der Waals surface area contributed by atoms with Gasteiger partial charge in [-0.3, -0.25) is 0 Å². The molecule has 1 aromatic carbocycles. The molecule has 0 spiro atoms. The van der Waals surface area contributed by atoms with Crippen molar-refractivity contribution in [3.8, 4) is 0 Å². The van der Waals surface area contributed by atoms with Crippen molar-refractivity contribution in [1.82, 2.24) is 15.3 Å². The van der Waals surface area contributed by atoms with Crippen LogP contribution < -0.4 is 15.5 Å². The molecule has 0 unspecified atom stereocenters. The number of benzene rings is 1. The number of nitrogens with zero attached hydrogens (tertiary/aromatic N) is 3. The van der Waals surface area contributed by atoms with Gasteiger partial charge in [0.2, 0.25) is 0 Å². The van der Waals surface area contributed by atoms with Crippen LogP contribution in [0.3, 0.4) is 0 Å². The fourth-order valence-corrected chi connectivity index (χ4v) is 3.08. The molecule has 128 valence electrons. The molecule has 7 nitrogen and oxygen atoms in total. The van der Waals surface area contributed by atoms with Gasteiger partial charge in [-0.25, -0.2) is 22.8 Å². The summed E-state index contributed by atoms with van der Waals surface area (Å²) in [6.07, 6.45) is 2.46. The lowest BCUT2D eigenvalue weighted by Crippen LogP contribution is -2.43. The van der Waals surface area contributed by atoms with Gasteiger partial charge in [0.05, 0.1) is 10.6 Å². The molecular weight excluding hydrogens is 333 g/mol. The molecule has 1 aromatic heterocycles. The van der Waals surface area contributed by atoms with Gasteiger partial charge in [-0.05, 0) is 18.2 Å². The molecule has 0 radical (unpaired) electrons. The van der Waals surface area contributed by atoms with E-state index in [9.17, 15) is 12.8 Å². The van der Waals surface area contributed by atoms with Crippen LogP contribution in [0.4, 0.5) is 21.7 Å². The zero-order valence-corrected chi connectivity index (χ0v) is 14.0. The first-order valence-electron chi connectivity index (χ1n) is 7.48. The number of halogens is 1. The minimum Gasteiger partial charge on any atom is -0.354 e. The Kier molecular flexibility index (Phi) is 4.63. The molecule has 0 saturated carbocycles. The van der Waals surface area contributed by atoms with Crippen LogP contribution in [-0.2, 0) is 9.84 Å². The second kappa shape index (κ2) is 6.70. The normalized spacial score (nSPS) is 15.3. The summed E-state index contributed by atoms with van der Waals surface area (Å²) < 4.78 is 37.0. The number of sulfone groups is 1. The molecular formula is C15H18FN5O2S. The number of rotatable bonds is 4. The average Bonchev–Trinajstić information content (AvgIpc) is 2.57. The molecule has 1 saturated heterocycles. The van der Waals surface area contributed by atoms with Crippen molar-refractivity contribution < 1.29 is 12.8 Å². The van der Waals surface area contributed by atoms with Crippen LogP contribution in [0.25, 0.3) is 0 Å². The van der Waals surface area contributed by atoms with Crippen molar-refractivity contribution >= 4 is 27.2 Å². The first-order valence-corrected chi connectivity index (χ1v) is 9.37. The summed E-state index contributed by atoms with van der Waals surface area (Å²) in [7, 11) is -3.44. The van der Waals surface area contributed by atoms with Crippen LogP contribution in [0.5, 0.6) is 0 Å². The molecule has 2 N–H and O–H groups in total. The highest BCUT2D eigenvalue weighted by Crippen LogP contribution is 2.23. The maximum atomic E-state index is 14.1. The summed E-state index contributed by atoms with van der Waals surface area (Å²) in [4.78, 5) is 10.4. The smallest absolute Gasteiger partial charge is 0.175 e. The van der Waals surface area contributed by atoms with Gasteiger partial charge < -0.3 is 15.5 Å². The van der Waals surface area contributed by atoms with E-state index in [1.165, 1.54) is 18.5 Å². The zero-order valence-electron chi connectivity index (χ0n) is 13.2. The van der Waals surface area contributed by atoms with Crippen molar-refractivity contribution in [2.24, 2.45) is 0 Å². The summed E-state index contributed by atoms with van der Waals surface area (Å²) in [5, 5.41) is 6.13. The van der Waals surface area contributed by atoms with E-state index in [1.807, 2.05) is 0 Å². The third-order valence-corrected chi connectivity index (χ3v) is 4.84. The Hall–Kier alpha value is -2.26. The number of anilines is 3. The summed E-state index contributed by atoms with van der Waals surface area (Å²) >= 11 is 0. The monoisotopic (exact) mass is 351 g/mol. The molecule has 24 heavy (non-hydrogen) atoms. The van der Waals surface area contributed by atoms with E-state index in [0.717, 1.165) is 44.3 Å². The molecule has 2 heterocycles. The zero-order chi connectivity index (χ0) is 17.2. The van der Waals surface area contributed by atoms with Crippen molar-refractivity contribution in [3.63, 3.8) is 0 Å². The van der Waals surface area contributed by atoms with E-state index in [1.54, 1.807) is 6.07 Å². The Labute approximate surface area is 139 Å². The van der Waals surface area contributed by atoms with Gasteiger partial charge in [0.25, 0.3) is 0 Å². The van der Waals surface area contributed by atoms with Crippen LogP contribution in [0.15, 0.2) is 35.5 Å². The average molecular weight is 351 g/mol. The summed E-state index contributed by atoms with van der Waals surface area (Å²) in [5.41, 5.74) is 0.160. The van der Waals surface area contributed by atoms with E-state index in [-0.39, 0.29) is 10.6 Å². The van der Waals surface area contributed by atoms with E-state index in [2.05, 4.69) is 25.5 Å². The number of aromatic nitrogens is 2. The Morgan fingerprint density at radius 3 is 2.62 bits per heavy atom. The van der Waals surface area contributed by atoms with Crippen LogP contribution >= 0.6 is 0 Å². The molecule has 0 amide bonds. The fourth-order valence-electron chi connectivity index (χ4n) is 2.45. The number of nitrogens with one attached hydrogen (secondary N) is 2. The first kappa shape index (κ1) is 16.6. The molecule has 0 atom stereocenters.